The van der Waals surface area contributed by atoms with E-state index in [4.69, 9.17) is 16.3 Å². The Morgan fingerprint density at radius 2 is 2.28 bits per heavy atom. The molecule has 18 heavy (non-hydrogen) atoms. The number of rotatable bonds is 2. The van der Waals surface area contributed by atoms with Crippen LogP contribution in [0.1, 0.15) is 29.6 Å². The Morgan fingerprint density at radius 1 is 1.39 bits per heavy atom. The van der Waals surface area contributed by atoms with Crippen LogP contribution in [-0.2, 0) is 4.74 Å². The van der Waals surface area contributed by atoms with E-state index < -0.39 is 0 Å². The lowest BCUT2D eigenvalue weighted by molar-refractivity contribution is 0.0188. The summed E-state index contributed by atoms with van der Waals surface area (Å²) < 4.78 is 5.55. The van der Waals surface area contributed by atoms with E-state index >= 15 is 0 Å². The number of halogens is 1. The first-order valence-corrected chi connectivity index (χ1v) is 6.56. The Hall–Kier alpha value is -1.32. The van der Waals surface area contributed by atoms with Gasteiger partial charge in [-0.25, -0.2) is 0 Å². The van der Waals surface area contributed by atoms with Gasteiger partial charge < -0.3 is 9.72 Å². The first-order chi connectivity index (χ1) is 8.75. The molecule has 1 aliphatic rings. The van der Waals surface area contributed by atoms with Crippen molar-refractivity contribution in [3.63, 3.8) is 0 Å². The number of Topliss-reactive ketones (excluding diaryl/α,β-unsaturated/α-hetero) is 1. The van der Waals surface area contributed by atoms with Crippen molar-refractivity contribution in [2.24, 2.45) is 0 Å². The summed E-state index contributed by atoms with van der Waals surface area (Å²) in [5.74, 6) is 0.0585. The van der Waals surface area contributed by atoms with Crippen molar-refractivity contribution in [3.05, 3.63) is 35.0 Å². The van der Waals surface area contributed by atoms with Crippen molar-refractivity contribution in [2.45, 2.75) is 25.4 Å². The quantitative estimate of drug-likeness (QED) is 0.842. The number of aromatic amines is 1. The molecular weight excluding hydrogens is 250 g/mol. The summed E-state index contributed by atoms with van der Waals surface area (Å²) >= 11 is 5.98. The van der Waals surface area contributed by atoms with Gasteiger partial charge in [0.25, 0.3) is 0 Å². The van der Waals surface area contributed by atoms with Crippen molar-refractivity contribution in [2.75, 3.05) is 6.61 Å². The Morgan fingerprint density at radius 3 is 3.06 bits per heavy atom. The summed E-state index contributed by atoms with van der Waals surface area (Å²) in [6.45, 7) is 0.680. The highest BCUT2D eigenvalue weighted by Crippen LogP contribution is 2.25. The second-order valence-corrected chi connectivity index (χ2v) is 5.05. The molecule has 1 aromatic heterocycles. The third kappa shape index (κ3) is 2.04. The minimum atomic E-state index is -0.295. The van der Waals surface area contributed by atoms with Gasteiger partial charge in [-0.3, -0.25) is 4.79 Å². The second kappa shape index (κ2) is 4.75. The van der Waals surface area contributed by atoms with Crippen molar-refractivity contribution >= 4 is 28.3 Å². The third-order valence-electron chi connectivity index (χ3n) is 3.38. The van der Waals surface area contributed by atoms with Crippen molar-refractivity contribution in [3.8, 4) is 0 Å². The molecule has 4 heteroatoms. The zero-order valence-electron chi connectivity index (χ0n) is 9.91. The fourth-order valence-corrected chi connectivity index (χ4v) is 2.59. The van der Waals surface area contributed by atoms with Crippen LogP contribution in [0.25, 0.3) is 10.9 Å². The Bertz CT molecular complexity index is 584. The van der Waals surface area contributed by atoms with E-state index in [0.29, 0.717) is 17.2 Å². The van der Waals surface area contributed by atoms with E-state index in [1.54, 1.807) is 6.20 Å². The molecular formula is C14H14ClNO2. The third-order valence-corrected chi connectivity index (χ3v) is 3.62. The van der Waals surface area contributed by atoms with Gasteiger partial charge in [0.1, 0.15) is 6.10 Å². The molecule has 0 amide bonds. The van der Waals surface area contributed by atoms with Gasteiger partial charge in [-0.1, -0.05) is 11.6 Å². The first kappa shape index (κ1) is 11.8. The predicted octanol–water partition coefficient (Wildman–Crippen LogP) is 3.57. The molecule has 3 rings (SSSR count). The zero-order valence-corrected chi connectivity index (χ0v) is 10.7. The first-order valence-electron chi connectivity index (χ1n) is 6.18. The van der Waals surface area contributed by atoms with Crippen LogP contribution >= 0.6 is 11.6 Å². The SMILES string of the molecule is O=C(c1c[nH]c2ccc(Cl)cc12)C1CCCCO1. The Labute approximate surface area is 110 Å². The predicted molar refractivity (Wildman–Crippen MR) is 71.2 cm³/mol. The number of ether oxygens (including phenoxy) is 1. The van der Waals surface area contributed by atoms with Crippen LogP contribution in [0.15, 0.2) is 24.4 Å². The van der Waals surface area contributed by atoms with Gasteiger partial charge in [-0.2, -0.15) is 0 Å². The molecule has 0 bridgehead atoms. The summed E-state index contributed by atoms with van der Waals surface area (Å²) in [6, 6.07) is 5.52. The van der Waals surface area contributed by atoms with Gasteiger partial charge >= 0.3 is 0 Å². The number of fused-ring (bicyclic) bond motifs is 1. The monoisotopic (exact) mass is 263 g/mol. The Kier molecular flexibility index (Phi) is 3.10. The van der Waals surface area contributed by atoms with E-state index in [1.165, 1.54) is 0 Å². The number of carbonyl (C=O) groups excluding carboxylic acids is 1. The average molecular weight is 264 g/mol. The van der Waals surface area contributed by atoms with Crippen LogP contribution in [0.5, 0.6) is 0 Å². The van der Waals surface area contributed by atoms with Crippen LogP contribution < -0.4 is 0 Å². The standard InChI is InChI=1S/C14H14ClNO2/c15-9-4-5-12-10(7-9)11(8-16-12)14(17)13-3-1-2-6-18-13/h4-5,7-8,13,16H,1-3,6H2. The summed E-state index contributed by atoms with van der Waals surface area (Å²) in [5, 5.41) is 1.52. The summed E-state index contributed by atoms with van der Waals surface area (Å²) in [4.78, 5) is 15.5. The lowest BCUT2D eigenvalue weighted by Crippen LogP contribution is -2.28. The molecule has 1 saturated heterocycles. The van der Waals surface area contributed by atoms with Crippen molar-refractivity contribution < 1.29 is 9.53 Å². The number of H-pyrrole nitrogens is 1. The number of hydrogen-bond donors (Lipinski definition) is 1. The topological polar surface area (TPSA) is 42.1 Å². The van der Waals surface area contributed by atoms with E-state index in [1.807, 2.05) is 18.2 Å². The molecule has 1 aliphatic heterocycles. The number of aromatic nitrogens is 1. The lowest BCUT2D eigenvalue weighted by atomic mass is 9.99. The maximum absolute atomic E-state index is 12.4. The highest BCUT2D eigenvalue weighted by Gasteiger charge is 2.25. The number of ketones is 1. The number of benzene rings is 1. The molecule has 2 heterocycles. The summed E-state index contributed by atoms with van der Waals surface area (Å²) in [5.41, 5.74) is 1.61. The molecule has 1 aromatic carbocycles. The van der Waals surface area contributed by atoms with E-state index in [-0.39, 0.29) is 11.9 Å². The fraction of sp³-hybridized carbons (Fsp3) is 0.357. The van der Waals surface area contributed by atoms with E-state index in [0.717, 1.165) is 30.2 Å². The molecule has 0 aliphatic carbocycles. The minimum Gasteiger partial charge on any atom is -0.370 e. The second-order valence-electron chi connectivity index (χ2n) is 4.61. The molecule has 3 nitrogen and oxygen atoms in total. The Balaban J connectivity index is 1.98. The van der Waals surface area contributed by atoms with Gasteiger partial charge in [-0.05, 0) is 37.5 Å². The van der Waals surface area contributed by atoms with Crippen LogP contribution in [0.3, 0.4) is 0 Å². The largest absolute Gasteiger partial charge is 0.370 e. The number of hydrogen-bond acceptors (Lipinski definition) is 2. The molecule has 1 N–H and O–H groups in total. The summed E-state index contributed by atoms with van der Waals surface area (Å²) in [6.07, 6.45) is 4.37. The van der Waals surface area contributed by atoms with E-state index in [9.17, 15) is 4.79 Å². The highest BCUT2D eigenvalue weighted by molar-refractivity contribution is 6.31. The van der Waals surface area contributed by atoms with Gasteiger partial charge in [0.05, 0.1) is 0 Å². The lowest BCUT2D eigenvalue weighted by Gasteiger charge is -2.20. The van der Waals surface area contributed by atoms with Crippen molar-refractivity contribution in [1.82, 2.24) is 4.98 Å². The van der Waals surface area contributed by atoms with Crippen LogP contribution in [0.4, 0.5) is 0 Å². The normalized spacial score (nSPS) is 20.2. The molecule has 2 aromatic rings. The number of nitrogens with one attached hydrogen (secondary N) is 1. The molecule has 0 radical (unpaired) electrons. The maximum Gasteiger partial charge on any atom is 0.193 e. The van der Waals surface area contributed by atoms with Gasteiger partial charge in [0, 0.05) is 34.3 Å². The highest BCUT2D eigenvalue weighted by atomic mass is 35.5. The fourth-order valence-electron chi connectivity index (χ4n) is 2.42. The molecule has 94 valence electrons. The van der Waals surface area contributed by atoms with Crippen molar-refractivity contribution in [1.29, 1.82) is 0 Å². The summed E-state index contributed by atoms with van der Waals surface area (Å²) in [7, 11) is 0. The van der Waals surface area contributed by atoms with E-state index in [2.05, 4.69) is 4.98 Å². The average Bonchev–Trinajstić information content (AvgIpc) is 2.82. The van der Waals surface area contributed by atoms with Crippen LogP contribution in [0, 0.1) is 0 Å². The molecule has 1 unspecified atom stereocenters. The molecule has 0 spiro atoms. The van der Waals surface area contributed by atoms with Crippen LogP contribution in [-0.4, -0.2) is 23.5 Å². The minimum absolute atomic E-state index is 0.0585. The van der Waals surface area contributed by atoms with Gasteiger partial charge in [-0.15, -0.1) is 0 Å². The van der Waals surface area contributed by atoms with Gasteiger partial charge in [0.15, 0.2) is 5.78 Å². The molecule has 0 saturated carbocycles. The molecule has 1 atom stereocenters. The zero-order chi connectivity index (χ0) is 12.5. The maximum atomic E-state index is 12.4. The van der Waals surface area contributed by atoms with Crippen LogP contribution in [0.2, 0.25) is 5.02 Å². The van der Waals surface area contributed by atoms with Gasteiger partial charge in [0.2, 0.25) is 0 Å². The molecule has 1 fully saturated rings. The number of carbonyl (C=O) groups is 1. The smallest absolute Gasteiger partial charge is 0.193 e.